The number of aryl methyl sites for hydroxylation is 1. The zero-order valence-corrected chi connectivity index (χ0v) is 14.6. The van der Waals surface area contributed by atoms with Crippen LogP contribution in [0, 0.1) is 0 Å². The summed E-state index contributed by atoms with van der Waals surface area (Å²) in [5.41, 5.74) is 2.36. The number of hydrogen-bond donors (Lipinski definition) is 1. The molecule has 3 rings (SSSR count). The monoisotopic (exact) mass is 343 g/mol. The first kappa shape index (κ1) is 16.9. The molecule has 2 aromatic rings. The van der Waals surface area contributed by atoms with Crippen LogP contribution in [0.15, 0.2) is 18.3 Å². The van der Waals surface area contributed by atoms with Crippen molar-refractivity contribution in [3.05, 3.63) is 40.8 Å². The third-order valence-electron chi connectivity index (χ3n) is 4.36. The molecule has 1 amide bonds. The summed E-state index contributed by atoms with van der Waals surface area (Å²) in [5, 5.41) is 13.6. The summed E-state index contributed by atoms with van der Waals surface area (Å²) in [5.74, 6) is -0.385. The van der Waals surface area contributed by atoms with Gasteiger partial charge in [-0.25, -0.2) is 9.78 Å². The number of carbonyl (C=O) groups excluding carboxylic acids is 1. The maximum Gasteiger partial charge on any atom is 0.356 e. The number of hydrogen-bond acceptors (Lipinski definition) is 5. The third kappa shape index (κ3) is 3.07. The number of aromatic nitrogens is 3. The van der Waals surface area contributed by atoms with Crippen molar-refractivity contribution in [3.8, 4) is 0 Å². The summed E-state index contributed by atoms with van der Waals surface area (Å²) in [4.78, 5) is 31.3. The standard InChI is InChI=1S/C17H21N5O3/c1-4-22-13-7-8-21(10-12(13)15(19-22)17(24)25)14-6-5-11(9-18-14)16(23)20(2)3/h5-6,9H,4,7-8,10H2,1-3H3,(H,24,25). The van der Waals surface area contributed by atoms with Crippen molar-refractivity contribution >= 4 is 17.7 Å². The van der Waals surface area contributed by atoms with Gasteiger partial charge in [0.15, 0.2) is 5.69 Å². The number of fused-ring (bicyclic) bond motifs is 1. The number of carbonyl (C=O) groups is 2. The number of rotatable bonds is 4. The fraction of sp³-hybridized carbons (Fsp3) is 0.412. The van der Waals surface area contributed by atoms with Crippen LogP contribution in [-0.2, 0) is 19.5 Å². The molecule has 0 radical (unpaired) electrons. The van der Waals surface area contributed by atoms with Crippen molar-refractivity contribution in [1.29, 1.82) is 0 Å². The predicted molar refractivity (Wildman–Crippen MR) is 91.9 cm³/mol. The zero-order valence-electron chi connectivity index (χ0n) is 14.6. The predicted octanol–water partition coefficient (Wildman–Crippen LogP) is 1.26. The van der Waals surface area contributed by atoms with Crippen LogP contribution in [0.5, 0.6) is 0 Å². The lowest BCUT2D eigenvalue weighted by molar-refractivity contribution is 0.0687. The molecule has 2 aromatic heterocycles. The summed E-state index contributed by atoms with van der Waals surface area (Å²) < 4.78 is 1.77. The molecular weight excluding hydrogens is 322 g/mol. The van der Waals surface area contributed by atoms with E-state index < -0.39 is 5.97 Å². The highest BCUT2D eigenvalue weighted by atomic mass is 16.4. The van der Waals surface area contributed by atoms with Gasteiger partial charge in [0, 0.05) is 57.6 Å². The Morgan fingerprint density at radius 3 is 2.64 bits per heavy atom. The third-order valence-corrected chi connectivity index (χ3v) is 4.36. The molecular formula is C17H21N5O3. The molecule has 0 fully saturated rings. The Morgan fingerprint density at radius 2 is 2.08 bits per heavy atom. The van der Waals surface area contributed by atoms with E-state index >= 15 is 0 Å². The minimum Gasteiger partial charge on any atom is -0.476 e. The fourth-order valence-corrected chi connectivity index (χ4v) is 3.08. The average molecular weight is 343 g/mol. The van der Waals surface area contributed by atoms with Gasteiger partial charge < -0.3 is 14.9 Å². The van der Waals surface area contributed by atoms with Gasteiger partial charge in [-0.05, 0) is 19.1 Å². The van der Waals surface area contributed by atoms with E-state index in [0.717, 1.165) is 23.6 Å². The Hall–Kier alpha value is -2.90. The fourth-order valence-electron chi connectivity index (χ4n) is 3.08. The molecule has 0 aromatic carbocycles. The molecule has 1 N–H and O–H groups in total. The number of anilines is 1. The Bertz CT molecular complexity index is 810. The number of nitrogens with zero attached hydrogens (tertiary/aromatic N) is 5. The minimum atomic E-state index is -1.01. The van der Waals surface area contributed by atoms with E-state index in [0.29, 0.717) is 25.1 Å². The summed E-state index contributed by atoms with van der Waals surface area (Å²) in [7, 11) is 3.39. The van der Waals surface area contributed by atoms with Crippen molar-refractivity contribution in [3.63, 3.8) is 0 Å². The normalized spacial score (nSPS) is 13.5. The van der Waals surface area contributed by atoms with E-state index in [2.05, 4.69) is 10.1 Å². The van der Waals surface area contributed by atoms with E-state index in [1.807, 2.05) is 11.8 Å². The van der Waals surface area contributed by atoms with E-state index in [1.165, 1.54) is 4.90 Å². The first-order valence-corrected chi connectivity index (χ1v) is 8.16. The van der Waals surface area contributed by atoms with Crippen LogP contribution in [0.1, 0.15) is 39.0 Å². The maximum atomic E-state index is 11.9. The molecule has 0 aliphatic carbocycles. The Balaban J connectivity index is 1.86. The molecule has 0 saturated carbocycles. The second kappa shape index (κ2) is 6.54. The number of carboxylic acid groups (broad SMARTS) is 1. The average Bonchev–Trinajstić information content (AvgIpc) is 2.99. The van der Waals surface area contributed by atoms with Gasteiger partial charge in [0.2, 0.25) is 0 Å². The summed E-state index contributed by atoms with van der Waals surface area (Å²) in [6, 6.07) is 3.54. The van der Waals surface area contributed by atoms with Crippen molar-refractivity contribution < 1.29 is 14.7 Å². The molecule has 0 atom stereocenters. The topological polar surface area (TPSA) is 91.6 Å². The highest BCUT2D eigenvalue weighted by Gasteiger charge is 2.28. The molecule has 0 unspecified atom stereocenters. The van der Waals surface area contributed by atoms with Gasteiger partial charge in [-0.15, -0.1) is 0 Å². The molecule has 1 aliphatic heterocycles. The van der Waals surface area contributed by atoms with E-state index in [9.17, 15) is 14.7 Å². The molecule has 0 bridgehead atoms. The number of pyridine rings is 1. The van der Waals surface area contributed by atoms with Crippen LogP contribution in [0.3, 0.4) is 0 Å². The molecule has 8 heteroatoms. The lowest BCUT2D eigenvalue weighted by Gasteiger charge is -2.28. The molecule has 1 aliphatic rings. The van der Waals surface area contributed by atoms with Crippen LogP contribution in [0.2, 0.25) is 0 Å². The van der Waals surface area contributed by atoms with Crippen LogP contribution >= 0.6 is 0 Å². The SMILES string of the molecule is CCn1nc(C(=O)O)c2c1CCN(c1ccc(C(=O)N(C)C)cn1)C2. The first-order valence-electron chi connectivity index (χ1n) is 8.16. The highest BCUT2D eigenvalue weighted by molar-refractivity contribution is 5.93. The van der Waals surface area contributed by atoms with Crippen LogP contribution in [0.4, 0.5) is 5.82 Å². The maximum absolute atomic E-state index is 11.9. The molecule has 0 saturated heterocycles. The quantitative estimate of drug-likeness (QED) is 0.899. The zero-order chi connectivity index (χ0) is 18.1. The lowest BCUT2D eigenvalue weighted by Crippen LogP contribution is -2.32. The Labute approximate surface area is 145 Å². The smallest absolute Gasteiger partial charge is 0.356 e. The number of aromatic carboxylic acids is 1. The van der Waals surface area contributed by atoms with Crippen molar-refractivity contribution in [2.24, 2.45) is 0 Å². The largest absolute Gasteiger partial charge is 0.476 e. The highest BCUT2D eigenvalue weighted by Crippen LogP contribution is 2.26. The summed E-state index contributed by atoms with van der Waals surface area (Å²) >= 11 is 0. The summed E-state index contributed by atoms with van der Waals surface area (Å²) in [6.45, 7) is 3.78. The van der Waals surface area contributed by atoms with Crippen molar-refractivity contribution in [1.82, 2.24) is 19.7 Å². The second-order valence-electron chi connectivity index (χ2n) is 6.17. The molecule has 3 heterocycles. The number of carboxylic acids is 1. The Kier molecular flexibility index (Phi) is 4.43. The van der Waals surface area contributed by atoms with Crippen molar-refractivity contribution in [2.75, 3.05) is 25.5 Å². The van der Waals surface area contributed by atoms with Gasteiger partial charge in [0.25, 0.3) is 5.91 Å². The van der Waals surface area contributed by atoms with Gasteiger partial charge >= 0.3 is 5.97 Å². The van der Waals surface area contributed by atoms with Gasteiger partial charge in [-0.2, -0.15) is 5.10 Å². The van der Waals surface area contributed by atoms with E-state index in [-0.39, 0.29) is 11.6 Å². The molecule has 25 heavy (non-hydrogen) atoms. The first-order chi connectivity index (χ1) is 11.9. The Morgan fingerprint density at radius 1 is 1.32 bits per heavy atom. The molecule has 0 spiro atoms. The van der Waals surface area contributed by atoms with E-state index in [1.54, 1.807) is 37.1 Å². The van der Waals surface area contributed by atoms with Crippen LogP contribution in [0.25, 0.3) is 0 Å². The molecule has 132 valence electrons. The summed E-state index contributed by atoms with van der Waals surface area (Å²) in [6.07, 6.45) is 2.27. The van der Waals surface area contributed by atoms with Gasteiger partial charge in [0.1, 0.15) is 5.82 Å². The van der Waals surface area contributed by atoms with Crippen LogP contribution < -0.4 is 4.90 Å². The van der Waals surface area contributed by atoms with Gasteiger partial charge in [-0.3, -0.25) is 9.48 Å². The van der Waals surface area contributed by atoms with Crippen molar-refractivity contribution in [2.45, 2.75) is 26.4 Å². The number of amides is 1. The van der Waals surface area contributed by atoms with E-state index in [4.69, 9.17) is 0 Å². The lowest BCUT2D eigenvalue weighted by atomic mass is 10.0. The molecule has 8 nitrogen and oxygen atoms in total. The second-order valence-corrected chi connectivity index (χ2v) is 6.17. The van der Waals surface area contributed by atoms with Gasteiger partial charge in [0.05, 0.1) is 5.56 Å². The van der Waals surface area contributed by atoms with Crippen LogP contribution in [-0.4, -0.2) is 57.3 Å². The van der Waals surface area contributed by atoms with Gasteiger partial charge in [-0.1, -0.05) is 0 Å². The minimum absolute atomic E-state index is 0.0997.